The molecule has 5 heteroatoms. The zero-order valence-corrected chi connectivity index (χ0v) is 12.1. The third-order valence-electron chi connectivity index (χ3n) is 3.87. The normalized spacial score (nSPS) is 17.4. The first-order valence-corrected chi connectivity index (χ1v) is 7.56. The van der Waals surface area contributed by atoms with Gasteiger partial charge in [0.15, 0.2) is 0 Å². The Morgan fingerprint density at radius 2 is 1.84 bits per heavy atom. The number of H-pyrrole nitrogens is 1. The number of halogens is 1. The fraction of sp³-hybridized carbons (Fsp3) is 0.714. The van der Waals surface area contributed by atoms with Gasteiger partial charge in [0.1, 0.15) is 5.15 Å². The average molecular weight is 285 g/mol. The molecular weight excluding hydrogens is 264 g/mol. The maximum absolute atomic E-state index is 12.5. The van der Waals surface area contributed by atoms with E-state index in [4.69, 9.17) is 11.6 Å². The molecular formula is C14H21ClN2O2. The van der Waals surface area contributed by atoms with Crippen LogP contribution in [0.4, 0.5) is 0 Å². The monoisotopic (exact) mass is 284 g/mol. The minimum atomic E-state index is -0.359. The lowest BCUT2D eigenvalue weighted by atomic mass is 10.1. The Hall–Kier alpha value is -1.03. The minimum Gasteiger partial charge on any atom is -0.297 e. The van der Waals surface area contributed by atoms with E-state index in [1.54, 1.807) is 0 Å². The summed E-state index contributed by atoms with van der Waals surface area (Å²) in [6.07, 6.45) is 7.83. The lowest BCUT2D eigenvalue weighted by Gasteiger charge is -2.17. The summed E-state index contributed by atoms with van der Waals surface area (Å²) < 4.78 is 1.40. The maximum Gasteiger partial charge on any atom is 0.329 e. The summed E-state index contributed by atoms with van der Waals surface area (Å²) in [7, 11) is 0. The molecule has 0 unspecified atom stereocenters. The standard InChI is InChI=1S/C14H21ClN2O2/c1-2-7-11-12(15)16-14(19)17(13(11)18)10-8-5-3-4-6-9-10/h10H,2-9H2,1H3,(H,16,19). The Morgan fingerprint density at radius 3 is 2.42 bits per heavy atom. The van der Waals surface area contributed by atoms with Crippen molar-refractivity contribution in [3.63, 3.8) is 0 Å². The molecule has 106 valence electrons. The van der Waals surface area contributed by atoms with Gasteiger partial charge < -0.3 is 0 Å². The third kappa shape index (κ3) is 3.11. The van der Waals surface area contributed by atoms with Crippen molar-refractivity contribution >= 4 is 11.6 Å². The smallest absolute Gasteiger partial charge is 0.297 e. The fourth-order valence-electron chi connectivity index (χ4n) is 2.88. The number of rotatable bonds is 3. The van der Waals surface area contributed by atoms with Gasteiger partial charge >= 0.3 is 5.69 Å². The van der Waals surface area contributed by atoms with Crippen LogP contribution in [0.3, 0.4) is 0 Å². The first-order chi connectivity index (χ1) is 9.15. The van der Waals surface area contributed by atoms with Gasteiger partial charge in [0, 0.05) is 6.04 Å². The van der Waals surface area contributed by atoms with E-state index in [2.05, 4.69) is 4.98 Å². The maximum atomic E-state index is 12.5. The molecule has 0 spiro atoms. The van der Waals surface area contributed by atoms with E-state index in [1.807, 2.05) is 6.92 Å². The average Bonchev–Trinajstić information content (AvgIpc) is 2.63. The highest BCUT2D eigenvalue weighted by Crippen LogP contribution is 2.25. The van der Waals surface area contributed by atoms with Crippen LogP contribution in [0.5, 0.6) is 0 Å². The van der Waals surface area contributed by atoms with Crippen LogP contribution in [0.2, 0.25) is 5.15 Å². The Labute approximate surface area is 117 Å². The number of nitrogens with zero attached hydrogens (tertiary/aromatic N) is 1. The highest BCUT2D eigenvalue weighted by molar-refractivity contribution is 6.30. The van der Waals surface area contributed by atoms with Crippen molar-refractivity contribution in [3.05, 3.63) is 31.6 Å². The van der Waals surface area contributed by atoms with Crippen LogP contribution in [0.1, 0.15) is 63.5 Å². The largest absolute Gasteiger partial charge is 0.329 e. The van der Waals surface area contributed by atoms with Crippen molar-refractivity contribution in [1.82, 2.24) is 9.55 Å². The lowest BCUT2D eigenvalue weighted by molar-refractivity contribution is 0.413. The van der Waals surface area contributed by atoms with Gasteiger partial charge in [0.25, 0.3) is 5.56 Å². The zero-order valence-electron chi connectivity index (χ0n) is 11.4. The van der Waals surface area contributed by atoms with Gasteiger partial charge in [-0.05, 0) is 19.3 Å². The second-order valence-electron chi connectivity index (χ2n) is 5.29. The molecule has 1 fully saturated rings. The second-order valence-corrected chi connectivity index (χ2v) is 5.67. The summed E-state index contributed by atoms with van der Waals surface area (Å²) in [4.78, 5) is 27.1. The fourth-order valence-corrected chi connectivity index (χ4v) is 3.13. The van der Waals surface area contributed by atoms with Gasteiger partial charge in [-0.1, -0.05) is 50.6 Å². The van der Waals surface area contributed by atoms with Gasteiger partial charge in [0.05, 0.1) is 5.56 Å². The molecule has 4 nitrogen and oxygen atoms in total. The molecule has 0 radical (unpaired) electrons. The molecule has 1 aliphatic rings. The van der Waals surface area contributed by atoms with Crippen molar-refractivity contribution in [3.8, 4) is 0 Å². The first kappa shape index (κ1) is 14.4. The van der Waals surface area contributed by atoms with E-state index in [9.17, 15) is 9.59 Å². The molecule has 0 bridgehead atoms. The molecule has 1 aromatic rings. The summed E-state index contributed by atoms with van der Waals surface area (Å²) >= 11 is 5.99. The Kier molecular flexibility index (Phi) is 4.86. The SMILES string of the molecule is CCCc1c(Cl)[nH]c(=O)n(C2CCCCCC2)c1=O. The molecule has 0 amide bonds. The van der Waals surface area contributed by atoms with Gasteiger partial charge in [-0.2, -0.15) is 0 Å². The van der Waals surface area contributed by atoms with Crippen LogP contribution in [0.25, 0.3) is 0 Å². The first-order valence-electron chi connectivity index (χ1n) is 7.18. The van der Waals surface area contributed by atoms with Crippen LogP contribution >= 0.6 is 11.6 Å². The van der Waals surface area contributed by atoms with E-state index >= 15 is 0 Å². The third-order valence-corrected chi connectivity index (χ3v) is 4.19. The number of aromatic nitrogens is 2. The molecule has 1 aliphatic carbocycles. The summed E-state index contributed by atoms with van der Waals surface area (Å²) in [5, 5.41) is 0.210. The van der Waals surface area contributed by atoms with Gasteiger partial charge in [0.2, 0.25) is 0 Å². The highest BCUT2D eigenvalue weighted by atomic mass is 35.5. The Balaban J connectivity index is 2.46. The molecule has 19 heavy (non-hydrogen) atoms. The minimum absolute atomic E-state index is 0.0339. The molecule has 1 aromatic heterocycles. The molecule has 1 N–H and O–H groups in total. The predicted molar refractivity (Wildman–Crippen MR) is 77.1 cm³/mol. The zero-order chi connectivity index (χ0) is 13.8. The number of nitrogens with one attached hydrogen (secondary N) is 1. The predicted octanol–water partition coefficient (Wildman–Crippen LogP) is 3.04. The van der Waals surface area contributed by atoms with Crippen molar-refractivity contribution in [2.75, 3.05) is 0 Å². The number of aromatic amines is 1. The Bertz CT molecular complexity index is 539. The summed E-state index contributed by atoms with van der Waals surface area (Å²) in [6.45, 7) is 2.00. The molecule has 0 atom stereocenters. The van der Waals surface area contributed by atoms with Crippen molar-refractivity contribution < 1.29 is 0 Å². The van der Waals surface area contributed by atoms with Gasteiger partial charge in [-0.25, -0.2) is 4.79 Å². The molecule has 1 heterocycles. The van der Waals surface area contributed by atoms with Crippen LogP contribution in [0.15, 0.2) is 9.59 Å². The van der Waals surface area contributed by atoms with E-state index in [0.29, 0.717) is 12.0 Å². The summed E-state index contributed by atoms with van der Waals surface area (Å²) in [5.74, 6) is 0. The Morgan fingerprint density at radius 1 is 1.21 bits per heavy atom. The van der Waals surface area contributed by atoms with E-state index < -0.39 is 0 Å². The van der Waals surface area contributed by atoms with Crippen LogP contribution in [-0.4, -0.2) is 9.55 Å². The molecule has 0 saturated heterocycles. The summed E-state index contributed by atoms with van der Waals surface area (Å²) in [5.41, 5.74) is -0.00253. The van der Waals surface area contributed by atoms with Crippen molar-refractivity contribution in [2.24, 2.45) is 0 Å². The van der Waals surface area contributed by atoms with E-state index in [-0.39, 0.29) is 22.4 Å². The quantitative estimate of drug-likeness (QED) is 0.685. The van der Waals surface area contributed by atoms with Crippen molar-refractivity contribution in [2.45, 2.75) is 64.3 Å². The molecule has 1 saturated carbocycles. The molecule has 0 aliphatic heterocycles. The highest BCUT2D eigenvalue weighted by Gasteiger charge is 2.20. The summed E-state index contributed by atoms with van der Waals surface area (Å²) in [6, 6.07) is 0.0339. The topological polar surface area (TPSA) is 54.9 Å². The molecule has 2 rings (SSSR count). The van der Waals surface area contributed by atoms with Gasteiger partial charge in [-0.3, -0.25) is 14.3 Å². The lowest BCUT2D eigenvalue weighted by Crippen LogP contribution is -2.40. The van der Waals surface area contributed by atoms with Crippen molar-refractivity contribution in [1.29, 1.82) is 0 Å². The van der Waals surface area contributed by atoms with Crippen LogP contribution in [-0.2, 0) is 6.42 Å². The van der Waals surface area contributed by atoms with E-state index in [0.717, 1.165) is 32.1 Å². The molecule has 0 aromatic carbocycles. The number of hydrogen-bond acceptors (Lipinski definition) is 2. The number of hydrogen-bond donors (Lipinski definition) is 1. The van der Waals surface area contributed by atoms with E-state index in [1.165, 1.54) is 17.4 Å². The van der Waals surface area contributed by atoms with Gasteiger partial charge in [-0.15, -0.1) is 0 Å². The second kappa shape index (κ2) is 6.42. The van der Waals surface area contributed by atoms with Crippen LogP contribution in [0, 0.1) is 0 Å². The van der Waals surface area contributed by atoms with Crippen LogP contribution < -0.4 is 11.2 Å².